The minimum absolute atomic E-state index is 0.384. The van der Waals surface area contributed by atoms with Crippen molar-refractivity contribution in [3.05, 3.63) is 18.3 Å². The van der Waals surface area contributed by atoms with Crippen molar-refractivity contribution < 1.29 is 19.0 Å². The number of alkyl carbamates (subject to hydrolysis) is 1. The number of pyridine rings is 1. The summed E-state index contributed by atoms with van der Waals surface area (Å²) in [7, 11) is 3.21. The number of rotatable bonds is 8. The minimum atomic E-state index is -0.384. The van der Waals surface area contributed by atoms with Gasteiger partial charge in [0.25, 0.3) is 0 Å². The van der Waals surface area contributed by atoms with Crippen LogP contribution in [0.1, 0.15) is 0 Å². The molecule has 1 aliphatic heterocycles. The molecule has 134 valence electrons. The largest absolute Gasteiger partial charge is 0.490 e. The molecule has 0 atom stereocenters. The quantitative estimate of drug-likeness (QED) is 0.695. The fourth-order valence-electron chi connectivity index (χ4n) is 2.43. The van der Waals surface area contributed by atoms with Crippen molar-refractivity contribution in [3.63, 3.8) is 0 Å². The molecule has 8 nitrogen and oxygen atoms in total. The normalized spacial score (nSPS) is 15.2. The lowest BCUT2D eigenvalue weighted by atomic mass is 10.3. The number of nitrogens with zero attached hydrogens (tertiary/aromatic N) is 3. The average molecular weight is 338 g/mol. The molecule has 1 aromatic rings. The van der Waals surface area contributed by atoms with Crippen molar-refractivity contribution in [2.24, 2.45) is 0 Å². The Morgan fingerprint density at radius 1 is 1.21 bits per heavy atom. The van der Waals surface area contributed by atoms with Crippen LogP contribution in [0.15, 0.2) is 18.3 Å². The smallest absolute Gasteiger partial charge is 0.406 e. The van der Waals surface area contributed by atoms with Gasteiger partial charge in [-0.05, 0) is 12.1 Å². The number of nitrogens with one attached hydrogen (secondary N) is 1. The molecule has 1 N–H and O–H groups in total. The maximum absolute atomic E-state index is 11.0. The Morgan fingerprint density at radius 2 is 2.00 bits per heavy atom. The predicted octanol–water partition coefficient (Wildman–Crippen LogP) is 0.585. The van der Waals surface area contributed by atoms with Crippen LogP contribution in [0.2, 0.25) is 0 Å². The SMILES string of the molecule is CNC(=O)OCCN1CCN(c2ccc(OCCOC)cn2)CC1. The third-order valence-electron chi connectivity index (χ3n) is 3.82. The first-order valence-electron chi connectivity index (χ1n) is 8.12. The summed E-state index contributed by atoms with van der Waals surface area (Å²) in [5, 5.41) is 2.44. The van der Waals surface area contributed by atoms with Crippen LogP contribution in [0.4, 0.5) is 10.6 Å². The van der Waals surface area contributed by atoms with Crippen molar-refractivity contribution in [1.82, 2.24) is 15.2 Å². The molecule has 0 saturated carbocycles. The molecule has 0 unspecified atom stereocenters. The molecule has 1 amide bonds. The third-order valence-corrected chi connectivity index (χ3v) is 3.82. The molecule has 0 spiro atoms. The van der Waals surface area contributed by atoms with E-state index in [0.717, 1.165) is 44.3 Å². The van der Waals surface area contributed by atoms with Gasteiger partial charge in [-0.2, -0.15) is 0 Å². The summed E-state index contributed by atoms with van der Waals surface area (Å²) in [5.74, 6) is 1.70. The number of anilines is 1. The van der Waals surface area contributed by atoms with Gasteiger partial charge < -0.3 is 24.4 Å². The maximum atomic E-state index is 11.0. The predicted molar refractivity (Wildman–Crippen MR) is 90.7 cm³/mol. The van der Waals surface area contributed by atoms with Gasteiger partial charge in [-0.1, -0.05) is 0 Å². The highest BCUT2D eigenvalue weighted by atomic mass is 16.5. The van der Waals surface area contributed by atoms with Crippen LogP contribution < -0.4 is 15.0 Å². The van der Waals surface area contributed by atoms with E-state index in [1.165, 1.54) is 0 Å². The number of carbonyl (C=O) groups excluding carboxylic acids is 1. The van der Waals surface area contributed by atoms with Crippen molar-refractivity contribution in [2.75, 3.05) is 71.6 Å². The lowest BCUT2D eigenvalue weighted by molar-refractivity contribution is 0.127. The zero-order valence-electron chi connectivity index (χ0n) is 14.4. The Hall–Kier alpha value is -2.06. The standard InChI is InChI=1S/C16H26N4O4/c1-17-16(21)24-10-9-19-5-7-20(8-6-19)15-4-3-14(13-18-15)23-12-11-22-2/h3-4,13H,5-12H2,1-2H3,(H,17,21). The first kappa shape index (κ1) is 18.3. The van der Waals surface area contributed by atoms with Gasteiger partial charge in [0.1, 0.15) is 24.8 Å². The second-order valence-corrected chi connectivity index (χ2v) is 5.41. The molecular weight excluding hydrogens is 312 g/mol. The van der Waals surface area contributed by atoms with Crippen LogP contribution in [-0.4, -0.2) is 82.7 Å². The third kappa shape index (κ3) is 5.86. The Balaban J connectivity index is 1.70. The van der Waals surface area contributed by atoms with Crippen molar-refractivity contribution in [1.29, 1.82) is 0 Å². The lowest BCUT2D eigenvalue weighted by Crippen LogP contribution is -2.47. The Labute approximate surface area is 142 Å². The number of ether oxygens (including phenoxy) is 3. The first-order valence-corrected chi connectivity index (χ1v) is 8.12. The lowest BCUT2D eigenvalue weighted by Gasteiger charge is -2.35. The molecule has 0 radical (unpaired) electrons. The Morgan fingerprint density at radius 3 is 2.62 bits per heavy atom. The highest BCUT2D eigenvalue weighted by Gasteiger charge is 2.18. The Kier molecular flexibility index (Phi) is 7.57. The van der Waals surface area contributed by atoms with Crippen LogP contribution in [0.3, 0.4) is 0 Å². The van der Waals surface area contributed by atoms with Crippen LogP contribution in [0.25, 0.3) is 0 Å². The monoisotopic (exact) mass is 338 g/mol. The number of aromatic nitrogens is 1. The molecule has 1 saturated heterocycles. The second-order valence-electron chi connectivity index (χ2n) is 5.41. The number of hydrogen-bond acceptors (Lipinski definition) is 7. The molecule has 1 aliphatic rings. The molecule has 2 rings (SSSR count). The van der Waals surface area contributed by atoms with Crippen molar-refractivity contribution >= 4 is 11.9 Å². The Bertz CT molecular complexity index is 489. The molecule has 24 heavy (non-hydrogen) atoms. The van der Waals surface area contributed by atoms with E-state index in [1.54, 1.807) is 20.4 Å². The van der Waals surface area contributed by atoms with E-state index in [-0.39, 0.29) is 6.09 Å². The van der Waals surface area contributed by atoms with Crippen LogP contribution in [0, 0.1) is 0 Å². The number of carbonyl (C=O) groups is 1. The molecule has 8 heteroatoms. The summed E-state index contributed by atoms with van der Waals surface area (Å²) in [6, 6.07) is 3.91. The highest BCUT2D eigenvalue weighted by molar-refractivity contribution is 5.66. The van der Waals surface area contributed by atoms with Crippen molar-refractivity contribution in [3.8, 4) is 5.75 Å². The first-order chi connectivity index (χ1) is 11.7. The summed E-state index contributed by atoms with van der Waals surface area (Å²) < 4.78 is 15.5. The number of piperazine rings is 1. The molecule has 0 aliphatic carbocycles. The molecule has 2 heterocycles. The summed E-state index contributed by atoms with van der Waals surface area (Å²) in [6.07, 6.45) is 1.36. The molecule has 1 aromatic heterocycles. The maximum Gasteiger partial charge on any atom is 0.406 e. The summed E-state index contributed by atoms with van der Waals surface area (Å²) in [4.78, 5) is 20.0. The van der Waals surface area contributed by atoms with Gasteiger partial charge in [0.2, 0.25) is 0 Å². The van der Waals surface area contributed by atoms with Gasteiger partial charge >= 0.3 is 6.09 Å². The van der Waals surface area contributed by atoms with E-state index in [0.29, 0.717) is 19.8 Å². The fourth-order valence-corrected chi connectivity index (χ4v) is 2.43. The van der Waals surface area contributed by atoms with Crippen LogP contribution in [-0.2, 0) is 9.47 Å². The number of hydrogen-bond donors (Lipinski definition) is 1. The van der Waals surface area contributed by atoms with E-state index in [4.69, 9.17) is 14.2 Å². The molecule has 0 aromatic carbocycles. The molecular formula is C16H26N4O4. The highest BCUT2D eigenvalue weighted by Crippen LogP contribution is 2.17. The van der Waals surface area contributed by atoms with E-state index < -0.39 is 0 Å². The minimum Gasteiger partial charge on any atom is -0.490 e. The zero-order chi connectivity index (χ0) is 17.2. The summed E-state index contributed by atoms with van der Waals surface area (Å²) in [6.45, 7) is 5.89. The van der Waals surface area contributed by atoms with Crippen molar-refractivity contribution in [2.45, 2.75) is 0 Å². The van der Waals surface area contributed by atoms with E-state index in [1.807, 2.05) is 12.1 Å². The van der Waals surface area contributed by atoms with Gasteiger partial charge in [0, 0.05) is 46.9 Å². The summed E-state index contributed by atoms with van der Waals surface area (Å²) in [5.41, 5.74) is 0. The van der Waals surface area contributed by atoms with Gasteiger partial charge in [-0.15, -0.1) is 0 Å². The number of methoxy groups -OCH3 is 1. The van der Waals surface area contributed by atoms with E-state index >= 15 is 0 Å². The second kappa shape index (κ2) is 9.94. The molecule has 1 fully saturated rings. The topological polar surface area (TPSA) is 76.2 Å². The van der Waals surface area contributed by atoms with E-state index in [9.17, 15) is 4.79 Å². The van der Waals surface area contributed by atoms with Crippen LogP contribution >= 0.6 is 0 Å². The van der Waals surface area contributed by atoms with Gasteiger partial charge in [-0.3, -0.25) is 4.90 Å². The van der Waals surface area contributed by atoms with Gasteiger partial charge in [0.15, 0.2) is 0 Å². The van der Waals surface area contributed by atoms with Gasteiger partial charge in [0.05, 0.1) is 12.8 Å². The summed E-state index contributed by atoms with van der Waals surface area (Å²) >= 11 is 0. The fraction of sp³-hybridized carbons (Fsp3) is 0.625. The average Bonchev–Trinajstić information content (AvgIpc) is 2.63. The van der Waals surface area contributed by atoms with Crippen LogP contribution in [0.5, 0.6) is 5.75 Å². The van der Waals surface area contributed by atoms with E-state index in [2.05, 4.69) is 20.1 Å². The molecule has 0 bridgehead atoms. The van der Waals surface area contributed by atoms with Gasteiger partial charge in [-0.25, -0.2) is 9.78 Å². The zero-order valence-corrected chi connectivity index (χ0v) is 14.4. The number of amides is 1.